The molecule has 0 aliphatic carbocycles. The average molecular weight is 761 g/mol. The summed E-state index contributed by atoms with van der Waals surface area (Å²) in [5.74, 6) is -4.43. The Labute approximate surface area is 332 Å². The van der Waals surface area contributed by atoms with E-state index in [1.165, 1.54) is 21.8 Å². The van der Waals surface area contributed by atoms with Crippen molar-refractivity contribution in [2.45, 2.75) is 71.6 Å². The van der Waals surface area contributed by atoms with Crippen molar-refractivity contribution in [2.24, 2.45) is 0 Å². The van der Waals surface area contributed by atoms with E-state index in [0.29, 0.717) is 0 Å². The van der Waals surface area contributed by atoms with Gasteiger partial charge in [0.15, 0.2) is 45.1 Å². The molecule has 2 aliphatic heterocycles. The second kappa shape index (κ2) is 17.2. The van der Waals surface area contributed by atoms with Gasteiger partial charge in [0.25, 0.3) is 0 Å². The van der Waals surface area contributed by atoms with Crippen molar-refractivity contribution in [3.8, 4) is 11.8 Å². The zero-order chi connectivity index (χ0) is 35.2. The van der Waals surface area contributed by atoms with Crippen molar-refractivity contribution >= 4 is 57.8 Å². The number of carboxylic acids is 2. The van der Waals surface area contributed by atoms with E-state index in [4.69, 9.17) is 9.47 Å². The van der Waals surface area contributed by atoms with E-state index >= 15 is 0 Å². The van der Waals surface area contributed by atoms with Gasteiger partial charge in [-0.2, -0.15) is 9.97 Å². The second-order valence-electron chi connectivity index (χ2n) is 10.2. The van der Waals surface area contributed by atoms with Crippen LogP contribution in [-0.2, 0) is 19.1 Å². The van der Waals surface area contributed by atoms with Crippen LogP contribution in [0.1, 0.15) is 12.5 Å². The van der Waals surface area contributed by atoms with Crippen molar-refractivity contribution in [1.82, 2.24) is 39.0 Å². The van der Waals surface area contributed by atoms with Crippen molar-refractivity contribution in [2.75, 3.05) is 12.5 Å². The molecule has 6 rings (SSSR count). The number of carboxylic acid groups (broad SMARTS) is 2. The zero-order valence-corrected chi connectivity index (χ0v) is 32.0. The van der Waals surface area contributed by atoms with Crippen molar-refractivity contribution < 1.29 is 129 Å². The summed E-state index contributed by atoms with van der Waals surface area (Å²) >= 11 is 2.32. The molecule has 4 aromatic rings. The van der Waals surface area contributed by atoms with Crippen molar-refractivity contribution in [3.63, 3.8) is 0 Å². The molecule has 0 spiro atoms. The predicted octanol–water partition coefficient (Wildman–Crippen LogP) is -12.0. The van der Waals surface area contributed by atoms with Gasteiger partial charge >= 0.3 is 59.1 Å². The molecule has 8 N–H and O–H groups in total. The summed E-state index contributed by atoms with van der Waals surface area (Å²) in [5.41, 5.74) is 0.322. The van der Waals surface area contributed by atoms with Crippen LogP contribution in [0.4, 0.5) is 0 Å². The number of fused-ring (bicyclic) bond motifs is 2. The number of aromatic hydroxyl groups is 2. The Morgan fingerprint density at radius 1 is 0.700 bits per heavy atom. The maximum atomic E-state index is 10.8. The van der Waals surface area contributed by atoms with Gasteiger partial charge in [0.1, 0.15) is 48.8 Å². The number of aliphatic hydroxyl groups is 6. The number of aromatic nitrogens is 8. The van der Waals surface area contributed by atoms with E-state index in [9.17, 15) is 60.7 Å². The number of carbonyl (C=O) groups excluding carboxylic acids is 2. The van der Waals surface area contributed by atoms with Gasteiger partial charge in [-0.15, -0.1) is 0 Å². The van der Waals surface area contributed by atoms with Crippen LogP contribution in [0.2, 0.25) is 0 Å². The third-order valence-corrected chi connectivity index (χ3v) is 8.43. The Bertz CT molecular complexity index is 1710. The second-order valence-corrected chi connectivity index (χ2v) is 11.7. The molecule has 26 heteroatoms. The molecule has 0 radical (unpaired) electrons. The summed E-state index contributed by atoms with van der Waals surface area (Å²) < 4.78 is 13.0. The Kier molecular flexibility index (Phi) is 14.6. The minimum absolute atomic E-state index is 0. The SMILES string of the molecule is CSc1nc(O)c2ncn([C@@H]3O[C@H](C(O)C(=O)[O-])[C@@H](O)[C@H]3O)c2n1.CSc1nc(O)c2ncn([C@@H]3O[C@H](C(O)C(=O)[O-])[C@@H](O)[C@H]3O)c2n1.[Na+].[Na+]. The Balaban J connectivity index is 0.000000260. The van der Waals surface area contributed by atoms with Gasteiger partial charge in [0.2, 0.25) is 11.8 Å². The molecule has 0 bridgehead atoms. The molecule has 2 saturated heterocycles. The molecule has 2 fully saturated rings. The summed E-state index contributed by atoms with van der Waals surface area (Å²) in [6.45, 7) is 0. The van der Waals surface area contributed by atoms with Gasteiger partial charge in [0.05, 0.1) is 24.6 Å². The van der Waals surface area contributed by atoms with Crippen LogP contribution in [0.25, 0.3) is 22.3 Å². The first-order valence-corrected chi connectivity index (χ1v) is 15.9. The molecular formula is C24H26N8Na2O14S2. The Hall–Kier alpha value is -1.98. The van der Waals surface area contributed by atoms with Crippen LogP contribution >= 0.6 is 23.5 Å². The van der Waals surface area contributed by atoms with Crippen molar-refractivity contribution in [1.29, 1.82) is 0 Å². The molecule has 10 atom stereocenters. The fraction of sp³-hybridized carbons (Fsp3) is 0.500. The van der Waals surface area contributed by atoms with Crippen LogP contribution in [0.5, 0.6) is 11.8 Å². The minimum Gasteiger partial charge on any atom is -0.547 e. The minimum atomic E-state index is -2.13. The molecule has 0 saturated carbocycles. The van der Waals surface area contributed by atoms with Crippen LogP contribution in [-0.4, -0.2) is 153 Å². The molecule has 0 aromatic carbocycles. The number of aliphatic hydroxyl groups excluding tert-OH is 6. The largest absolute Gasteiger partial charge is 1.00 e. The van der Waals surface area contributed by atoms with E-state index < -0.39 is 73.2 Å². The molecule has 4 aromatic heterocycles. The number of ether oxygens (including phenoxy) is 2. The quantitative estimate of drug-likeness (QED) is 0.0469. The summed E-state index contributed by atoms with van der Waals surface area (Å²) in [6.07, 6.45) is -10.7. The fourth-order valence-electron chi connectivity index (χ4n) is 4.94. The van der Waals surface area contributed by atoms with E-state index in [-0.39, 0.29) is 104 Å². The normalized spacial score (nSPS) is 27.2. The van der Waals surface area contributed by atoms with Crippen LogP contribution in [0.3, 0.4) is 0 Å². The monoisotopic (exact) mass is 760 g/mol. The number of aliphatic carboxylic acids is 2. The van der Waals surface area contributed by atoms with Gasteiger partial charge in [-0.3, -0.25) is 9.13 Å². The van der Waals surface area contributed by atoms with Crippen LogP contribution in [0.15, 0.2) is 23.0 Å². The predicted molar refractivity (Wildman–Crippen MR) is 151 cm³/mol. The fourth-order valence-corrected chi connectivity index (χ4v) is 5.65. The van der Waals surface area contributed by atoms with E-state index in [1.807, 2.05) is 0 Å². The molecule has 6 heterocycles. The number of thioether (sulfide) groups is 2. The number of imidazole rings is 2. The van der Waals surface area contributed by atoms with E-state index in [0.717, 1.165) is 23.5 Å². The third kappa shape index (κ3) is 7.99. The standard InChI is InChI=1S/2C12H14N4O7S.2Na/c2*1-24-12-14-8-3(9(20)15-12)13-2-16(8)10-5(18)4(17)7(23-10)6(19)11(21)22;;/h2*2,4-7,10,17-19H,1H3,(H,21,22)(H,14,15,20);;/q;;2*+1/p-2/t2*4-,5+,6?,7-,10+;;/m00../s1. The molecule has 2 aliphatic rings. The third-order valence-electron chi connectivity index (χ3n) is 7.33. The number of nitrogens with zero attached hydrogens (tertiary/aromatic N) is 8. The average Bonchev–Trinajstić information content (AvgIpc) is 3.82. The number of rotatable bonds is 8. The zero-order valence-electron chi connectivity index (χ0n) is 26.3. The summed E-state index contributed by atoms with van der Waals surface area (Å²) in [6, 6.07) is 0. The first-order valence-electron chi connectivity index (χ1n) is 13.5. The van der Waals surface area contributed by atoms with E-state index in [1.54, 1.807) is 12.5 Å². The molecule has 0 amide bonds. The summed E-state index contributed by atoms with van der Waals surface area (Å²) in [7, 11) is 0. The number of hydrogen-bond acceptors (Lipinski definition) is 22. The smallest absolute Gasteiger partial charge is 0.547 e. The topological polar surface area (TPSA) is 348 Å². The van der Waals surface area contributed by atoms with Gasteiger partial charge in [-0.1, -0.05) is 23.5 Å². The molecule has 50 heavy (non-hydrogen) atoms. The van der Waals surface area contributed by atoms with E-state index in [2.05, 4.69) is 29.9 Å². The number of carbonyl (C=O) groups is 2. The van der Waals surface area contributed by atoms with Crippen molar-refractivity contribution in [3.05, 3.63) is 12.7 Å². The maximum Gasteiger partial charge on any atom is 1.00 e. The molecule has 22 nitrogen and oxygen atoms in total. The molecular weight excluding hydrogens is 734 g/mol. The van der Waals surface area contributed by atoms with Gasteiger partial charge < -0.3 is 70.1 Å². The Morgan fingerprint density at radius 2 is 1.04 bits per heavy atom. The molecule has 260 valence electrons. The van der Waals surface area contributed by atoms with Crippen LogP contribution < -0.4 is 69.3 Å². The van der Waals surface area contributed by atoms with Gasteiger partial charge in [-0.05, 0) is 12.5 Å². The number of hydrogen-bond donors (Lipinski definition) is 8. The van der Waals surface area contributed by atoms with Gasteiger partial charge in [-0.25, -0.2) is 19.9 Å². The van der Waals surface area contributed by atoms with Gasteiger partial charge in [0, 0.05) is 0 Å². The Morgan fingerprint density at radius 3 is 1.34 bits per heavy atom. The summed E-state index contributed by atoms with van der Waals surface area (Å²) in [4.78, 5) is 45.3. The maximum absolute atomic E-state index is 10.8. The van der Waals surface area contributed by atoms with Crippen LogP contribution in [0, 0.1) is 0 Å². The summed E-state index contributed by atoms with van der Waals surface area (Å²) in [5, 5.41) is 101. The first-order chi connectivity index (χ1) is 22.7. The molecule has 2 unspecified atom stereocenters. The first kappa shape index (κ1) is 42.4.